The first-order valence-corrected chi connectivity index (χ1v) is 8.00. The number of carbonyl (C=O) groups excluding carboxylic acids is 2. The van der Waals surface area contributed by atoms with Gasteiger partial charge < -0.3 is 10.1 Å². The highest BCUT2D eigenvalue weighted by molar-refractivity contribution is 6.01. The molecule has 0 radical (unpaired) electrons. The molecule has 0 bridgehead atoms. The molecule has 0 aliphatic rings. The monoisotopic (exact) mass is 373 g/mol. The molecule has 3 rings (SSSR count). The molecule has 0 aliphatic carbocycles. The molecule has 27 heavy (non-hydrogen) atoms. The van der Waals surface area contributed by atoms with Crippen molar-refractivity contribution in [2.45, 2.75) is 13.0 Å². The number of anilines is 1. The quantitative estimate of drug-likeness (QED) is 0.530. The van der Waals surface area contributed by atoms with Crippen molar-refractivity contribution in [2.75, 3.05) is 5.32 Å². The lowest BCUT2D eigenvalue weighted by molar-refractivity contribution is -0.122. The molecule has 4 nitrogen and oxygen atoms in total. The number of halogens is 3. The lowest BCUT2D eigenvalue weighted by Gasteiger charge is -2.17. The van der Waals surface area contributed by atoms with Gasteiger partial charge in [-0.1, -0.05) is 30.3 Å². The van der Waals surface area contributed by atoms with Crippen LogP contribution >= 0.6 is 0 Å². The van der Waals surface area contributed by atoms with Gasteiger partial charge in [0, 0.05) is 0 Å². The molecule has 1 amide bonds. The summed E-state index contributed by atoms with van der Waals surface area (Å²) in [6.07, 6.45) is -0.505. The summed E-state index contributed by atoms with van der Waals surface area (Å²) < 4.78 is 45.5. The van der Waals surface area contributed by atoms with Gasteiger partial charge in [0.05, 0.1) is 11.3 Å². The third kappa shape index (κ3) is 3.62. The van der Waals surface area contributed by atoms with Gasteiger partial charge in [-0.2, -0.15) is 0 Å². The number of carbonyl (C=O) groups is 2. The summed E-state index contributed by atoms with van der Waals surface area (Å²) in [4.78, 5) is 23.7. The Morgan fingerprint density at radius 2 is 1.78 bits per heavy atom. The van der Waals surface area contributed by atoms with Crippen LogP contribution in [0.2, 0.25) is 0 Å². The summed E-state index contributed by atoms with van der Waals surface area (Å²) in [6.45, 7) is 1.39. The largest absolute Gasteiger partial charge is 0.480 e. The molecule has 0 fully saturated rings. The molecule has 0 aromatic heterocycles. The number of benzene rings is 3. The van der Waals surface area contributed by atoms with E-state index in [0.717, 1.165) is 11.5 Å². The van der Waals surface area contributed by atoms with Crippen molar-refractivity contribution in [1.82, 2.24) is 0 Å². The Hall–Kier alpha value is -3.35. The highest BCUT2D eigenvalue weighted by Crippen LogP contribution is 2.27. The van der Waals surface area contributed by atoms with Crippen LogP contribution in [0.25, 0.3) is 10.8 Å². The number of rotatable bonds is 5. The number of nitrogens with one attached hydrogen (secondary N) is 1. The van der Waals surface area contributed by atoms with E-state index >= 15 is 0 Å². The Bertz CT molecular complexity index is 1040. The normalized spacial score (nSPS) is 11.9. The molecule has 138 valence electrons. The molecule has 1 atom stereocenters. The highest BCUT2D eigenvalue weighted by atomic mass is 19.2. The third-order valence-electron chi connectivity index (χ3n) is 4.01. The van der Waals surface area contributed by atoms with Crippen LogP contribution in [0, 0.1) is 17.5 Å². The van der Waals surface area contributed by atoms with E-state index < -0.39 is 35.2 Å². The average molecular weight is 373 g/mol. The Labute approximate surface area is 152 Å². The SMILES string of the molecule is C[C@H](Oc1ccc2ccccc2c1C=O)C(=O)Nc1ccc(F)c(F)c1F. The van der Waals surface area contributed by atoms with Crippen molar-refractivity contribution in [3.05, 3.63) is 71.5 Å². The highest BCUT2D eigenvalue weighted by Gasteiger charge is 2.21. The van der Waals surface area contributed by atoms with E-state index in [1.807, 2.05) is 12.1 Å². The average Bonchev–Trinajstić information content (AvgIpc) is 2.68. The van der Waals surface area contributed by atoms with Gasteiger partial charge in [-0.05, 0) is 35.9 Å². The van der Waals surface area contributed by atoms with E-state index in [1.165, 1.54) is 6.92 Å². The van der Waals surface area contributed by atoms with Gasteiger partial charge in [-0.25, -0.2) is 13.2 Å². The van der Waals surface area contributed by atoms with Crippen LogP contribution in [0.1, 0.15) is 17.3 Å². The lowest BCUT2D eigenvalue weighted by atomic mass is 10.0. The summed E-state index contributed by atoms with van der Waals surface area (Å²) in [6, 6.07) is 12.1. The predicted molar refractivity (Wildman–Crippen MR) is 94.4 cm³/mol. The Kier molecular flexibility index (Phi) is 5.12. The van der Waals surface area contributed by atoms with Gasteiger partial charge in [0.1, 0.15) is 5.75 Å². The number of hydrogen-bond donors (Lipinski definition) is 1. The molecule has 0 aliphatic heterocycles. The van der Waals surface area contributed by atoms with E-state index in [-0.39, 0.29) is 11.3 Å². The predicted octanol–water partition coefficient (Wildman–Crippen LogP) is 4.48. The maximum atomic E-state index is 13.7. The topological polar surface area (TPSA) is 55.4 Å². The number of ether oxygens (including phenoxy) is 1. The minimum atomic E-state index is -1.68. The first-order valence-electron chi connectivity index (χ1n) is 8.00. The molecule has 3 aromatic rings. The third-order valence-corrected chi connectivity index (χ3v) is 4.01. The van der Waals surface area contributed by atoms with Gasteiger partial charge in [0.25, 0.3) is 5.91 Å². The Morgan fingerprint density at radius 3 is 2.52 bits per heavy atom. The van der Waals surface area contributed by atoms with Crippen molar-refractivity contribution in [3.63, 3.8) is 0 Å². The van der Waals surface area contributed by atoms with E-state index in [0.29, 0.717) is 17.7 Å². The second kappa shape index (κ2) is 7.49. The standard InChI is InChI=1S/C20H14F3NO3/c1-11(20(26)24-16-8-7-15(21)18(22)19(16)23)27-17-9-6-12-4-2-3-5-13(12)14(17)10-25/h2-11H,1H3,(H,24,26)/t11-/m0/s1. The molecular weight excluding hydrogens is 359 g/mol. The summed E-state index contributed by atoms with van der Waals surface area (Å²) in [5, 5.41) is 3.62. The molecule has 3 aromatic carbocycles. The number of fused-ring (bicyclic) bond motifs is 1. The van der Waals surface area contributed by atoms with Gasteiger partial charge in [0.2, 0.25) is 0 Å². The first kappa shape index (κ1) is 18.4. The van der Waals surface area contributed by atoms with Crippen LogP contribution in [0.15, 0.2) is 48.5 Å². The van der Waals surface area contributed by atoms with Crippen molar-refractivity contribution in [1.29, 1.82) is 0 Å². The van der Waals surface area contributed by atoms with Crippen LogP contribution in [0.5, 0.6) is 5.75 Å². The smallest absolute Gasteiger partial charge is 0.265 e. The molecule has 1 N–H and O–H groups in total. The molecular formula is C20H14F3NO3. The maximum absolute atomic E-state index is 13.7. The van der Waals surface area contributed by atoms with E-state index in [2.05, 4.69) is 5.32 Å². The fraction of sp³-hybridized carbons (Fsp3) is 0.100. The first-order chi connectivity index (χ1) is 12.9. The maximum Gasteiger partial charge on any atom is 0.265 e. The molecule has 7 heteroatoms. The number of aldehydes is 1. The van der Waals surface area contributed by atoms with Crippen LogP contribution in [-0.4, -0.2) is 18.3 Å². The summed E-state index contributed by atoms with van der Waals surface area (Å²) >= 11 is 0. The molecule has 0 heterocycles. The summed E-state index contributed by atoms with van der Waals surface area (Å²) in [7, 11) is 0. The summed E-state index contributed by atoms with van der Waals surface area (Å²) in [5.41, 5.74) is -0.241. The molecule has 0 saturated carbocycles. The Balaban J connectivity index is 1.82. The van der Waals surface area contributed by atoms with E-state index in [1.54, 1.807) is 24.3 Å². The Morgan fingerprint density at radius 1 is 1.04 bits per heavy atom. The molecule has 0 unspecified atom stereocenters. The van der Waals surface area contributed by atoms with Crippen molar-refractivity contribution < 1.29 is 27.5 Å². The van der Waals surface area contributed by atoms with E-state index in [9.17, 15) is 22.8 Å². The summed E-state index contributed by atoms with van der Waals surface area (Å²) in [5.74, 6) is -5.16. The van der Waals surface area contributed by atoms with Crippen LogP contribution in [-0.2, 0) is 4.79 Å². The zero-order valence-corrected chi connectivity index (χ0v) is 14.1. The second-order valence-corrected chi connectivity index (χ2v) is 5.79. The minimum Gasteiger partial charge on any atom is -0.480 e. The van der Waals surface area contributed by atoms with E-state index in [4.69, 9.17) is 4.74 Å². The second-order valence-electron chi connectivity index (χ2n) is 5.79. The van der Waals surface area contributed by atoms with Crippen LogP contribution < -0.4 is 10.1 Å². The van der Waals surface area contributed by atoms with Gasteiger partial charge in [0.15, 0.2) is 29.8 Å². The fourth-order valence-electron chi connectivity index (χ4n) is 2.60. The minimum absolute atomic E-state index is 0.178. The van der Waals surface area contributed by atoms with Crippen molar-refractivity contribution in [3.8, 4) is 5.75 Å². The van der Waals surface area contributed by atoms with Crippen LogP contribution in [0.4, 0.5) is 18.9 Å². The fourth-order valence-corrected chi connectivity index (χ4v) is 2.60. The van der Waals surface area contributed by atoms with Gasteiger partial charge in [-0.3, -0.25) is 9.59 Å². The van der Waals surface area contributed by atoms with Crippen molar-refractivity contribution in [2.24, 2.45) is 0 Å². The molecule has 0 spiro atoms. The lowest BCUT2D eigenvalue weighted by Crippen LogP contribution is -2.31. The zero-order valence-electron chi connectivity index (χ0n) is 14.1. The zero-order chi connectivity index (χ0) is 19.6. The van der Waals surface area contributed by atoms with Gasteiger partial charge in [-0.15, -0.1) is 0 Å². The van der Waals surface area contributed by atoms with Crippen LogP contribution in [0.3, 0.4) is 0 Å². The number of amides is 1. The van der Waals surface area contributed by atoms with Crippen molar-refractivity contribution >= 4 is 28.7 Å². The number of hydrogen-bond acceptors (Lipinski definition) is 3. The van der Waals surface area contributed by atoms with Gasteiger partial charge >= 0.3 is 0 Å². The molecule has 0 saturated heterocycles.